The van der Waals surface area contributed by atoms with Crippen molar-refractivity contribution < 1.29 is 18.7 Å². The van der Waals surface area contributed by atoms with Gasteiger partial charge in [-0.25, -0.2) is 0 Å². The second-order valence-electron chi connectivity index (χ2n) is 9.39. The zero-order valence-electron chi connectivity index (χ0n) is 18.8. The third-order valence-electron chi connectivity index (χ3n) is 7.26. The molecule has 4 rings (SSSR count). The maximum Gasteiger partial charge on any atom is 0.228 e. The van der Waals surface area contributed by atoms with Crippen molar-refractivity contribution in [3.8, 4) is 0 Å². The summed E-state index contributed by atoms with van der Waals surface area (Å²) in [4.78, 5) is 32.6. The molecule has 2 amide bonds. The molecule has 3 fully saturated rings. The van der Waals surface area contributed by atoms with Crippen LogP contribution in [0.15, 0.2) is 22.8 Å². The first-order chi connectivity index (χ1) is 15.2. The fraction of sp³-hybridized carbons (Fsp3) is 0.750. The molecule has 31 heavy (non-hydrogen) atoms. The van der Waals surface area contributed by atoms with Crippen molar-refractivity contribution >= 4 is 11.8 Å². The van der Waals surface area contributed by atoms with Gasteiger partial charge in [-0.3, -0.25) is 9.59 Å². The summed E-state index contributed by atoms with van der Waals surface area (Å²) in [7, 11) is 1.70. The third kappa shape index (κ3) is 5.50. The van der Waals surface area contributed by atoms with Crippen LogP contribution < -0.4 is 0 Å². The Kier molecular flexibility index (Phi) is 7.67. The van der Waals surface area contributed by atoms with Gasteiger partial charge in [-0.05, 0) is 63.2 Å². The largest absolute Gasteiger partial charge is 0.467 e. The number of ether oxygens (including phenoxy) is 1. The molecule has 7 heteroatoms. The summed E-state index contributed by atoms with van der Waals surface area (Å²) in [5.74, 6) is 1.23. The van der Waals surface area contributed by atoms with E-state index in [1.54, 1.807) is 18.3 Å². The lowest BCUT2D eigenvalue weighted by molar-refractivity contribution is -0.137. The summed E-state index contributed by atoms with van der Waals surface area (Å²) >= 11 is 0. The summed E-state index contributed by atoms with van der Waals surface area (Å²) in [5, 5.41) is 0. The molecular formula is C24H37N3O4. The lowest BCUT2D eigenvalue weighted by Gasteiger charge is -2.46. The lowest BCUT2D eigenvalue weighted by Crippen LogP contribution is -2.52. The van der Waals surface area contributed by atoms with Crippen molar-refractivity contribution in [1.82, 2.24) is 14.7 Å². The Labute approximate surface area is 185 Å². The monoisotopic (exact) mass is 431 g/mol. The fourth-order valence-electron chi connectivity index (χ4n) is 5.70. The Morgan fingerprint density at radius 2 is 2.13 bits per heavy atom. The molecule has 0 radical (unpaired) electrons. The Balaban J connectivity index is 1.40. The lowest BCUT2D eigenvalue weighted by atomic mass is 9.83. The van der Waals surface area contributed by atoms with Gasteiger partial charge >= 0.3 is 0 Å². The van der Waals surface area contributed by atoms with Crippen LogP contribution in [0, 0.1) is 11.8 Å². The highest BCUT2D eigenvalue weighted by molar-refractivity contribution is 5.89. The second kappa shape index (κ2) is 10.6. The number of nitrogens with zero attached hydrogens (tertiary/aromatic N) is 3. The van der Waals surface area contributed by atoms with Crippen LogP contribution in [-0.2, 0) is 20.9 Å². The Morgan fingerprint density at radius 3 is 2.94 bits per heavy atom. The van der Waals surface area contributed by atoms with Crippen LogP contribution >= 0.6 is 0 Å². The van der Waals surface area contributed by atoms with Crippen LogP contribution in [0.2, 0.25) is 0 Å². The highest BCUT2D eigenvalue weighted by Crippen LogP contribution is 2.32. The first-order valence-corrected chi connectivity index (χ1v) is 12.0. The Morgan fingerprint density at radius 1 is 1.26 bits per heavy atom. The second-order valence-corrected chi connectivity index (χ2v) is 9.39. The fourth-order valence-corrected chi connectivity index (χ4v) is 5.70. The number of piperidine rings is 2. The SMILES string of the molecule is COCCCN(CC1CCCN2CCCCC12)C(=O)C1CC(=O)N(Cc2ccco2)C1. The molecule has 3 aliphatic rings. The summed E-state index contributed by atoms with van der Waals surface area (Å²) in [6.45, 7) is 5.51. The van der Waals surface area contributed by atoms with Crippen LogP contribution in [0.1, 0.15) is 50.7 Å². The molecule has 0 aromatic carbocycles. The molecule has 3 saturated heterocycles. The van der Waals surface area contributed by atoms with E-state index in [-0.39, 0.29) is 17.7 Å². The molecule has 1 aromatic rings. The molecule has 3 unspecified atom stereocenters. The molecule has 0 N–H and O–H groups in total. The first-order valence-electron chi connectivity index (χ1n) is 12.0. The van der Waals surface area contributed by atoms with Gasteiger partial charge in [-0.1, -0.05) is 6.42 Å². The van der Waals surface area contributed by atoms with Gasteiger partial charge in [0.15, 0.2) is 0 Å². The summed E-state index contributed by atoms with van der Waals surface area (Å²) in [5.41, 5.74) is 0. The summed E-state index contributed by atoms with van der Waals surface area (Å²) < 4.78 is 10.6. The molecule has 0 aliphatic carbocycles. The Bertz CT molecular complexity index is 720. The predicted molar refractivity (Wildman–Crippen MR) is 117 cm³/mol. The summed E-state index contributed by atoms with van der Waals surface area (Å²) in [6, 6.07) is 4.31. The van der Waals surface area contributed by atoms with Crippen molar-refractivity contribution in [3.05, 3.63) is 24.2 Å². The Hall–Kier alpha value is -1.86. The molecule has 0 spiro atoms. The molecular weight excluding hydrogens is 394 g/mol. The van der Waals surface area contributed by atoms with E-state index in [1.165, 1.54) is 45.2 Å². The number of rotatable bonds is 9. The minimum Gasteiger partial charge on any atom is -0.467 e. The number of hydrogen-bond donors (Lipinski definition) is 0. The number of furan rings is 1. The molecule has 0 bridgehead atoms. The van der Waals surface area contributed by atoms with Gasteiger partial charge < -0.3 is 23.9 Å². The number of carbonyl (C=O) groups excluding carboxylic acids is 2. The number of likely N-dealkylation sites (tertiary alicyclic amines) is 1. The molecule has 3 aliphatic heterocycles. The van der Waals surface area contributed by atoms with Gasteiger partial charge in [0.2, 0.25) is 11.8 Å². The van der Waals surface area contributed by atoms with Gasteiger partial charge in [0.1, 0.15) is 5.76 Å². The normalized spacial score (nSPS) is 26.8. The van der Waals surface area contributed by atoms with Gasteiger partial charge in [-0.2, -0.15) is 0 Å². The molecule has 1 aromatic heterocycles. The van der Waals surface area contributed by atoms with E-state index in [1.807, 2.05) is 12.1 Å². The third-order valence-corrected chi connectivity index (χ3v) is 7.26. The van der Waals surface area contributed by atoms with Crippen molar-refractivity contribution in [2.24, 2.45) is 11.8 Å². The molecule has 4 heterocycles. The van der Waals surface area contributed by atoms with E-state index in [2.05, 4.69) is 9.80 Å². The number of carbonyl (C=O) groups is 2. The number of methoxy groups -OCH3 is 1. The summed E-state index contributed by atoms with van der Waals surface area (Å²) in [6.07, 6.45) is 9.03. The topological polar surface area (TPSA) is 66.2 Å². The average Bonchev–Trinajstić information content (AvgIpc) is 3.43. The zero-order chi connectivity index (χ0) is 21.6. The van der Waals surface area contributed by atoms with Crippen LogP contribution in [0.25, 0.3) is 0 Å². The molecule has 172 valence electrons. The van der Waals surface area contributed by atoms with Gasteiger partial charge in [-0.15, -0.1) is 0 Å². The maximum absolute atomic E-state index is 13.5. The van der Waals surface area contributed by atoms with Crippen molar-refractivity contribution in [1.29, 1.82) is 0 Å². The van der Waals surface area contributed by atoms with E-state index < -0.39 is 0 Å². The van der Waals surface area contributed by atoms with E-state index in [9.17, 15) is 9.59 Å². The van der Waals surface area contributed by atoms with Gasteiger partial charge in [0, 0.05) is 45.8 Å². The first kappa shape index (κ1) is 22.3. The van der Waals surface area contributed by atoms with E-state index in [4.69, 9.17) is 9.15 Å². The highest BCUT2D eigenvalue weighted by Gasteiger charge is 2.39. The van der Waals surface area contributed by atoms with Gasteiger partial charge in [0.25, 0.3) is 0 Å². The molecule has 0 saturated carbocycles. The molecule has 3 atom stereocenters. The quantitative estimate of drug-likeness (QED) is 0.563. The smallest absolute Gasteiger partial charge is 0.228 e. The minimum atomic E-state index is -0.254. The van der Waals surface area contributed by atoms with Crippen molar-refractivity contribution in [3.63, 3.8) is 0 Å². The van der Waals surface area contributed by atoms with Crippen LogP contribution in [0.3, 0.4) is 0 Å². The number of fused-ring (bicyclic) bond motifs is 1. The minimum absolute atomic E-state index is 0.0442. The number of hydrogen-bond acceptors (Lipinski definition) is 5. The van der Waals surface area contributed by atoms with Gasteiger partial charge in [0.05, 0.1) is 18.7 Å². The van der Waals surface area contributed by atoms with Crippen LogP contribution in [0.4, 0.5) is 0 Å². The van der Waals surface area contributed by atoms with Crippen molar-refractivity contribution in [2.75, 3.05) is 46.4 Å². The number of amides is 2. The average molecular weight is 432 g/mol. The standard InChI is InChI=1S/C24H37N3O4/c1-30-13-6-12-26(16-19-7-4-11-25-10-3-2-9-22(19)25)24(29)20-15-23(28)27(17-20)18-21-8-5-14-31-21/h5,8,14,19-20,22H,2-4,6-7,9-13,15-18H2,1H3. The van der Waals surface area contributed by atoms with Crippen LogP contribution in [0.5, 0.6) is 0 Å². The van der Waals surface area contributed by atoms with E-state index in [0.717, 1.165) is 18.7 Å². The zero-order valence-corrected chi connectivity index (χ0v) is 18.8. The maximum atomic E-state index is 13.5. The molecule has 7 nitrogen and oxygen atoms in total. The van der Waals surface area contributed by atoms with Crippen LogP contribution in [-0.4, -0.2) is 79.0 Å². The van der Waals surface area contributed by atoms with E-state index >= 15 is 0 Å². The highest BCUT2D eigenvalue weighted by atomic mass is 16.5. The van der Waals surface area contributed by atoms with E-state index in [0.29, 0.717) is 44.6 Å². The predicted octanol–water partition coefficient (Wildman–Crippen LogP) is 2.76. The van der Waals surface area contributed by atoms with Crippen molar-refractivity contribution in [2.45, 2.75) is 57.5 Å².